The number of nitrogen functional groups attached to an aromatic ring is 1. The molecule has 0 aliphatic carbocycles. The standard InChI is InChI=1S/C17H21FN4O/c1-11-5-3-6-13(18)16(11)14-10-23-8-4-7-22(14)15-9-12(2)20-17(19)21-15/h3,5-6,9,14H,4,7-8,10H2,1-2H3,(H2,19,20,21). The Morgan fingerprint density at radius 2 is 2.13 bits per heavy atom. The minimum Gasteiger partial charge on any atom is -0.379 e. The summed E-state index contributed by atoms with van der Waals surface area (Å²) in [6, 6.07) is 6.78. The predicted octanol–water partition coefficient (Wildman–Crippen LogP) is 2.78. The topological polar surface area (TPSA) is 64.3 Å². The van der Waals surface area contributed by atoms with Crippen LogP contribution >= 0.6 is 0 Å². The third-order valence-electron chi connectivity index (χ3n) is 4.10. The lowest BCUT2D eigenvalue weighted by Crippen LogP contribution is -2.32. The van der Waals surface area contributed by atoms with Crippen LogP contribution in [0.1, 0.15) is 29.3 Å². The number of aromatic nitrogens is 2. The van der Waals surface area contributed by atoms with Gasteiger partial charge in [-0.25, -0.2) is 9.37 Å². The van der Waals surface area contributed by atoms with E-state index < -0.39 is 0 Å². The monoisotopic (exact) mass is 316 g/mol. The van der Waals surface area contributed by atoms with Gasteiger partial charge in [-0.3, -0.25) is 0 Å². The summed E-state index contributed by atoms with van der Waals surface area (Å²) in [5.74, 6) is 0.728. The Balaban J connectivity index is 2.07. The van der Waals surface area contributed by atoms with Gasteiger partial charge >= 0.3 is 0 Å². The molecule has 1 aliphatic heterocycles. The average Bonchev–Trinajstić information content (AvgIpc) is 2.72. The van der Waals surface area contributed by atoms with Gasteiger partial charge in [0.05, 0.1) is 12.6 Å². The SMILES string of the molecule is Cc1cc(N2CCCOCC2c2c(C)cccc2F)nc(N)n1. The number of ether oxygens (including phenoxy) is 1. The molecule has 0 amide bonds. The molecule has 1 aromatic heterocycles. The minimum absolute atomic E-state index is 0.218. The largest absolute Gasteiger partial charge is 0.379 e. The van der Waals surface area contributed by atoms with Crippen molar-refractivity contribution >= 4 is 11.8 Å². The Labute approximate surface area is 135 Å². The van der Waals surface area contributed by atoms with Crippen LogP contribution in [0.5, 0.6) is 0 Å². The molecule has 1 saturated heterocycles. The van der Waals surface area contributed by atoms with E-state index in [1.807, 2.05) is 26.0 Å². The number of benzene rings is 1. The van der Waals surface area contributed by atoms with Crippen molar-refractivity contribution < 1.29 is 9.13 Å². The zero-order valence-corrected chi connectivity index (χ0v) is 13.4. The second kappa shape index (κ2) is 6.50. The molecule has 0 saturated carbocycles. The van der Waals surface area contributed by atoms with Gasteiger partial charge < -0.3 is 15.4 Å². The van der Waals surface area contributed by atoms with Crippen LogP contribution in [0.2, 0.25) is 0 Å². The van der Waals surface area contributed by atoms with Crippen molar-refractivity contribution in [3.63, 3.8) is 0 Å². The molecule has 1 aromatic carbocycles. The smallest absolute Gasteiger partial charge is 0.222 e. The molecule has 122 valence electrons. The summed E-state index contributed by atoms with van der Waals surface area (Å²) in [6.07, 6.45) is 0.854. The molecule has 2 aromatic rings. The molecule has 1 atom stereocenters. The molecule has 2 heterocycles. The fourth-order valence-corrected chi connectivity index (χ4v) is 3.08. The van der Waals surface area contributed by atoms with E-state index in [-0.39, 0.29) is 17.8 Å². The summed E-state index contributed by atoms with van der Waals surface area (Å²) >= 11 is 0. The first-order valence-electron chi connectivity index (χ1n) is 7.77. The Morgan fingerprint density at radius 3 is 2.87 bits per heavy atom. The molecule has 0 radical (unpaired) electrons. The van der Waals surface area contributed by atoms with Crippen LogP contribution in [0.4, 0.5) is 16.2 Å². The van der Waals surface area contributed by atoms with Gasteiger partial charge in [0.1, 0.15) is 11.6 Å². The Kier molecular flexibility index (Phi) is 4.43. The Morgan fingerprint density at radius 1 is 1.30 bits per heavy atom. The number of rotatable bonds is 2. The molecule has 2 N–H and O–H groups in total. The maximum atomic E-state index is 14.5. The zero-order chi connectivity index (χ0) is 16.4. The summed E-state index contributed by atoms with van der Waals surface area (Å²) in [5, 5.41) is 0. The first-order chi connectivity index (χ1) is 11.1. The first-order valence-corrected chi connectivity index (χ1v) is 7.77. The minimum atomic E-state index is -0.229. The molecule has 1 unspecified atom stereocenters. The van der Waals surface area contributed by atoms with Crippen LogP contribution in [0.25, 0.3) is 0 Å². The van der Waals surface area contributed by atoms with E-state index in [9.17, 15) is 4.39 Å². The van der Waals surface area contributed by atoms with Crippen LogP contribution in [0, 0.1) is 19.7 Å². The molecule has 6 heteroatoms. The second-order valence-corrected chi connectivity index (χ2v) is 5.83. The highest BCUT2D eigenvalue weighted by Crippen LogP contribution is 2.32. The van der Waals surface area contributed by atoms with Crippen molar-refractivity contribution in [1.82, 2.24) is 9.97 Å². The lowest BCUT2D eigenvalue weighted by molar-refractivity contribution is 0.133. The second-order valence-electron chi connectivity index (χ2n) is 5.83. The normalized spacial score (nSPS) is 18.7. The third kappa shape index (κ3) is 3.27. The molecule has 23 heavy (non-hydrogen) atoms. The lowest BCUT2D eigenvalue weighted by atomic mass is 9.99. The molecular formula is C17H21FN4O. The van der Waals surface area contributed by atoms with Crippen LogP contribution in [0.15, 0.2) is 24.3 Å². The van der Waals surface area contributed by atoms with Crippen LogP contribution in [0.3, 0.4) is 0 Å². The number of nitrogens with zero attached hydrogens (tertiary/aromatic N) is 3. The van der Waals surface area contributed by atoms with E-state index in [4.69, 9.17) is 10.5 Å². The quantitative estimate of drug-likeness (QED) is 0.923. The fourth-order valence-electron chi connectivity index (χ4n) is 3.08. The molecule has 0 bridgehead atoms. The van der Waals surface area contributed by atoms with E-state index in [1.54, 1.807) is 6.07 Å². The van der Waals surface area contributed by atoms with Crippen LogP contribution < -0.4 is 10.6 Å². The van der Waals surface area contributed by atoms with Gasteiger partial charge in [-0.05, 0) is 31.9 Å². The number of nitrogens with two attached hydrogens (primary N) is 1. The van der Waals surface area contributed by atoms with Gasteiger partial charge in [0.25, 0.3) is 0 Å². The van der Waals surface area contributed by atoms with Crippen LogP contribution in [-0.2, 0) is 4.74 Å². The number of hydrogen-bond donors (Lipinski definition) is 1. The molecule has 3 rings (SSSR count). The first kappa shape index (κ1) is 15.7. The number of halogens is 1. The van der Waals surface area contributed by atoms with Crippen molar-refractivity contribution in [2.24, 2.45) is 0 Å². The molecule has 1 fully saturated rings. The average molecular weight is 316 g/mol. The van der Waals surface area contributed by atoms with Gasteiger partial charge in [0.15, 0.2) is 0 Å². The maximum absolute atomic E-state index is 14.5. The van der Waals surface area contributed by atoms with Gasteiger partial charge in [0.2, 0.25) is 5.95 Å². The van der Waals surface area contributed by atoms with Crippen molar-refractivity contribution in [3.8, 4) is 0 Å². The zero-order valence-electron chi connectivity index (χ0n) is 13.4. The van der Waals surface area contributed by atoms with E-state index in [0.29, 0.717) is 24.6 Å². The van der Waals surface area contributed by atoms with Gasteiger partial charge in [-0.2, -0.15) is 4.98 Å². The number of aryl methyl sites for hydroxylation is 2. The third-order valence-corrected chi connectivity index (χ3v) is 4.10. The summed E-state index contributed by atoms with van der Waals surface area (Å²) in [5.41, 5.74) is 8.15. The summed E-state index contributed by atoms with van der Waals surface area (Å²) in [6.45, 7) is 5.60. The Bertz CT molecular complexity index is 666. The highest BCUT2D eigenvalue weighted by molar-refractivity contribution is 5.48. The molecular weight excluding hydrogens is 295 g/mol. The summed E-state index contributed by atoms with van der Waals surface area (Å²) in [7, 11) is 0. The summed E-state index contributed by atoms with van der Waals surface area (Å²) < 4.78 is 20.2. The van der Waals surface area contributed by atoms with Gasteiger partial charge in [-0.15, -0.1) is 0 Å². The summed E-state index contributed by atoms with van der Waals surface area (Å²) in [4.78, 5) is 10.5. The van der Waals surface area contributed by atoms with Crippen molar-refractivity contribution in [3.05, 3.63) is 46.9 Å². The number of hydrogen-bond acceptors (Lipinski definition) is 5. The van der Waals surface area contributed by atoms with Crippen LogP contribution in [-0.4, -0.2) is 29.7 Å². The van der Waals surface area contributed by atoms with E-state index in [0.717, 1.165) is 24.2 Å². The maximum Gasteiger partial charge on any atom is 0.222 e. The van der Waals surface area contributed by atoms with Gasteiger partial charge in [0, 0.05) is 30.5 Å². The van der Waals surface area contributed by atoms with E-state index in [2.05, 4.69) is 14.9 Å². The highest BCUT2D eigenvalue weighted by atomic mass is 19.1. The molecule has 0 spiro atoms. The highest BCUT2D eigenvalue weighted by Gasteiger charge is 2.28. The van der Waals surface area contributed by atoms with Crippen molar-refractivity contribution in [2.75, 3.05) is 30.4 Å². The Hall–Kier alpha value is -2.21. The molecule has 5 nitrogen and oxygen atoms in total. The van der Waals surface area contributed by atoms with Gasteiger partial charge in [-0.1, -0.05) is 12.1 Å². The molecule has 1 aliphatic rings. The lowest BCUT2D eigenvalue weighted by Gasteiger charge is -2.32. The fraction of sp³-hybridized carbons (Fsp3) is 0.412. The van der Waals surface area contributed by atoms with Crippen molar-refractivity contribution in [2.45, 2.75) is 26.3 Å². The van der Waals surface area contributed by atoms with E-state index in [1.165, 1.54) is 6.07 Å². The van der Waals surface area contributed by atoms with E-state index >= 15 is 0 Å². The predicted molar refractivity (Wildman–Crippen MR) is 87.8 cm³/mol. The van der Waals surface area contributed by atoms with Crippen molar-refractivity contribution in [1.29, 1.82) is 0 Å². The number of anilines is 2.